The molecule has 0 spiro atoms. The largest absolute Gasteiger partial charge is 0.496 e. The topological polar surface area (TPSA) is 84.5 Å². The normalized spacial score (nSPS) is 21.7. The van der Waals surface area contributed by atoms with Gasteiger partial charge in [0.25, 0.3) is 0 Å². The van der Waals surface area contributed by atoms with Crippen molar-refractivity contribution in [3.8, 4) is 11.5 Å². The number of nitrogens with zero attached hydrogens (tertiary/aromatic N) is 2. The number of piperazine rings is 1. The minimum absolute atomic E-state index is 0.0247. The molecule has 2 saturated heterocycles. The second-order valence-electron chi connectivity index (χ2n) is 11.7. The van der Waals surface area contributed by atoms with Gasteiger partial charge < -0.3 is 34.5 Å². The van der Waals surface area contributed by atoms with Crippen molar-refractivity contribution in [2.45, 2.75) is 44.9 Å². The van der Waals surface area contributed by atoms with E-state index in [1.807, 2.05) is 24.3 Å². The molecular formula is C35H48N4O5. The highest BCUT2D eigenvalue weighted by Crippen LogP contribution is 2.31. The van der Waals surface area contributed by atoms with Gasteiger partial charge >= 0.3 is 0 Å². The third kappa shape index (κ3) is 9.00. The van der Waals surface area contributed by atoms with Gasteiger partial charge in [0.1, 0.15) is 23.9 Å². The van der Waals surface area contributed by atoms with Crippen LogP contribution in [0.2, 0.25) is 0 Å². The summed E-state index contributed by atoms with van der Waals surface area (Å²) in [6.45, 7) is 9.27. The Labute approximate surface area is 262 Å². The van der Waals surface area contributed by atoms with E-state index in [1.54, 1.807) is 14.0 Å². The Morgan fingerprint density at radius 2 is 1.93 bits per heavy atom. The van der Waals surface area contributed by atoms with Gasteiger partial charge in [0, 0.05) is 63.4 Å². The minimum Gasteiger partial charge on any atom is -0.496 e. The molecule has 2 aromatic rings. The summed E-state index contributed by atoms with van der Waals surface area (Å²) < 4.78 is 23.6. The second-order valence-corrected chi connectivity index (χ2v) is 11.7. The molecule has 0 aromatic heterocycles. The number of hydrogen-bond donors (Lipinski definition) is 2. The van der Waals surface area contributed by atoms with Crippen LogP contribution in [0.1, 0.15) is 31.7 Å². The first-order chi connectivity index (χ1) is 21.6. The molecule has 3 aliphatic rings. The summed E-state index contributed by atoms with van der Waals surface area (Å²) in [6, 6.07) is 16.9. The second kappa shape index (κ2) is 16.5. The van der Waals surface area contributed by atoms with Crippen LogP contribution in [0.4, 0.5) is 5.69 Å². The molecule has 5 rings (SSSR count). The van der Waals surface area contributed by atoms with Crippen LogP contribution in [-0.4, -0.2) is 89.1 Å². The number of nitrogens with one attached hydrogen (secondary N) is 2. The summed E-state index contributed by atoms with van der Waals surface area (Å²) in [6.07, 6.45) is 9.93. The van der Waals surface area contributed by atoms with Crippen molar-refractivity contribution in [2.24, 2.45) is 5.92 Å². The van der Waals surface area contributed by atoms with Gasteiger partial charge in [0.2, 0.25) is 5.91 Å². The average Bonchev–Trinajstić information content (AvgIpc) is 3.06. The third-order valence-corrected chi connectivity index (χ3v) is 8.57. The fourth-order valence-corrected chi connectivity index (χ4v) is 6.27. The van der Waals surface area contributed by atoms with E-state index >= 15 is 0 Å². The fraction of sp³-hybridized carbons (Fsp3) is 0.514. The third-order valence-electron chi connectivity index (χ3n) is 8.57. The summed E-state index contributed by atoms with van der Waals surface area (Å²) in [5.74, 6) is 3.19. The number of carbonyl (C=O) groups excluding carboxylic acids is 1. The fourth-order valence-electron chi connectivity index (χ4n) is 6.27. The van der Waals surface area contributed by atoms with Gasteiger partial charge in [-0.2, -0.15) is 0 Å². The molecule has 2 aromatic carbocycles. The lowest BCUT2D eigenvalue weighted by molar-refractivity contribution is -0.119. The number of piperidine rings is 1. The summed E-state index contributed by atoms with van der Waals surface area (Å²) in [4.78, 5) is 16.2. The Morgan fingerprint density at radius 1 is 1.07 bits per heavy atom. The summed E-state index contributed by atoms with van der Waals surface area (Å²) in [7, 11) is 1.68. The summed E-state index contributed by atoms with van der Waals surface area (Å²) in [5.41, 5.74) is 2.23. The molecule has 2 aliphatic heterocycles. The number of fused-ring (bicyclic) bond motifs is 1. The number of methoxy groups -OCH3 is 1. The molecule has 9 heteroatoms. The first-order valence-corrected chi connectivity index (χ1v) is 16.0. The van der Waals surface area contributed by atoms with Crippen molar-refractivity contribution < 1.29 is 23.7 Å². The number of benzene rings is 2. The smallest absolute Gasteiger partial charge is 0.216 e. The molecule has 0 bridgehead atoms. The highest BCUT2D eigenvalue weighted by atomic mass is 16.5. The molecule has 2 N–H and O–H groups in total. The van der Waals surface area contributed by atoms with Gasteiger partial charge in [-0.15, -0.1) is 0 Å². The van der Waals surface area contributed by atoms with Crippen LogP contribution in [-0.2, 0) is 20.9 Å². The number of ether oxygens (including phenoxy) is 4. The maximum Gasteiger partial charge on any atom is 0.216 e. The molecule has 2 unspecified atom stereocenters. The quantitative estimate of drug-likeness (QED) is 0.294. The molecule has 2 fully saturated rings. The first-order valence-electron chi connectivity index (χ1n) is 16.0. The minimum atomic E-state index is 0.0247. The van der Waals surface area contributed by atoms with Crippen LogP contribution >= 0.6 is 0 Å². The zero-order valence-corrected chi connectivity index (χ0v) is 26.2. The van der Waals surface area contributed by atoms with Gasteiger partial charge in [-0.1, -0.05) is 24.3 Å². The summed E-state index contributed by atoms with van der Waals surface area (Å²) in [5, 5.41) is 6.47. The molecule has 9 nitrogen and oxygen atoms in total. The van der Waals surface area contributed by atoms with Gasteiger partial charge in [-0.25, -0.2) is 0 Å². The predicted molar refractivity (Wildman–Crippen MR) is 173 cm³/mol. The standard InChI is InChI=1S/C35H48N4O5/c1-27(40)37-17-19-38-18-5-8-28-10-13-33(23-34(28)38)44-26-31-24-36-16-20-39(31)30-11-14-32(15-12-30)43-22-6-21-42-25-29-7-3-4-9-35(29)41-2/h3-4,7,9-15,23,28,31,34,36H,5-6,8,16-22,24-26H2,1-2H3,(H,37,40)/t28?,31-,34?/m1/s1. The van der Waals surface area contributed by atoms with Crippen LogP contribution in [0.25, 0.3) is 0 Å². The van der Waals surface area contributed by atoms with Gasteiger partial charge in [-0.3, -0.25) is 9.69 Å². The average molecular weight is 605 g/mol. The van der Waals surface area contributed by atoms with Crippen LogP contribution in [0.5, 0.6) is 11.5 Å². The van der Waals surface area contributed by atoms with E-state index in [2.05, 4.69) is 62.9 Å². The van der Waals surface area contributed by atoms with E-state index in [9.17, 15) is 4.79 Å². The van der Waals surface area contributed by atoms with Gasteiger partial charge in [0.05, 0.1) is 33.0 Å². The van der Waals surface area contributed by atoms with E-state index in [4.69, 9.17) is 18.9 Å². The monoisotopic (exact) mass is 604 g/mol. The number of allylic oxidation sites excluding steroid dienone is 1. The first kappa shape index (κ1) is 31.9. The van der Waals surface area contributed by atoms with E-state index < -0.39 is 0 Å². The van der Waals surface area contributed by atoms with Crippen LogP contribution in [0, 0.1) is 5.92 Å². The van der Waals surface area contributed by atoms with E-state index in [1.165, 1.54) is 18.5 Å². The highest BCUT2D eigenvalue weighted by molar-refractivity contribution is 5.72. The van der Waals surface area contributed by atoms with E-state index in [0.717, 1.165) is 62.0 Å². The maximum absolute atomic E-state index is 11.3. The lowest BCUT2D eigenvalue weighted by Gasteiger charge is -2.41. The van der Waals surface area contributed by atoms with Crippen molar-refractivity contribution in [1.82, 2.24) is 15.5 Å². The number of para-hydroxylation sites is 1. The number of hydrogen-bond acceptors (Lipinski definition) is 8. The van der Waals surface area contributed by atoms with Gasteiger partial charge in [0.15, 0.2) is 0 Å². The lowest BCUT2D eigenvalue weighted by Crippen LogP contribution is -2.53. The van der Waals surface area contributed by atoms with Crippen LogP contribution in [0.15, 0.2) is 72.5 Å². The molecule has 44 heavy (non-hydrogen) atoms. The van der Waals surface area contributed by atoms with E-state index in [0.29, 0.717) is 44.9 Å². The van der Waals surface area contributed by atoms with Gasteiger partial charge in [-0.05, 0) is 67.8 Å². The molecule has 3 atom stereocenters. The maximum atomic E-state index is 11.3. The van der Waals surface area contributed by atoms with E-state index in [-0.39, 0.29) is 11.9 Å². The SMILES string of the molecule is COc1ccccc1COCCCOc1ccc(N2CCNC[C@@H]2COC2=CC3C(C=C2)CCCN3CCNC(C)=O)cc1. The predicted octanol–water partition coefficient (Wildman–Crippen LogP) is 4.15. The van der Waals surface area contributed by atoms with Crippen molar-refractivity contribution in [1.29, 1.82) is 0 Å². The van der Waals surface area contributed by atoms with Crippen LogP contribution < -0.4 is 25.0 Å². The Kier molecular flexibility index (Phi) is 12.0. The molecule has 1 amide bonds. The molecular weight excluding hydrogens is 556 g/mol. The lowest BCUT2D eigenvalue weighted by atomic mass is 9.85. The van der Waals surface area contributed by atoms with Crippen molar-refractivity contribution in [2.75, 3.05) is 71.1 Å². The Balaban J connectivity index is 1.07. The number of amides is 1. The Bertz CT molecular complexity index is 1250. The Morgan fingerprint density at radius 3 is 2.77 bits per heavy atom. The number of carbonyl (C=O) groups is 1. The zero-order valence-electron chi connectivity index (χ0n) is 26.2. The number of likely N-dealkylation sites (tertiary alicyclic amines) is 1. The molecule has 0 radical (unpaired) electrons. The molecule has 238 valence electrons. The van der Waals surface area contributed by atoms with Crippen molar-refractivity contribution in [3.63, 3.8) is 0 Å². The molecule has 2 heterocycles. The van der Waals surface area contributed by atoms with Crippen molar-refractivity contribution in [3.05, 3.63) is 78.1 Å². The van der Waals surface area contributed by atoms with Crippen molar-refractivity contribution >= 4 is 11.6 Å². The zero-order chi connectivity index (χ0) is 30.6. The molecule has 1 aliphatic carbocycles. The Hall–Kier alpha value is -3.53. The molecule has 0 saturated carbocycles. The summed E-state index contributed by atoms with van der Waals surface area (Å²) >= 11 is 0. The number of rotatable bonds is 15. The number of anilines is 1. The highest BCUT2D eigenvalue weighted by Gasteiger charge is 2.31. The van der Waals surface area contributed by atoms with Crippen LogP contribution in [0.3, 0.4) is 0 Å².